The Morgan fingerprint density at radius 2 is 0.748 bits per heavy atom. The monoisotopic (exact) mass is 2520 g/mol. The van der Waals surface area contributed by atoms with Crippen LogP contribution in [0.15, 0.2) is 381 Å². The van der Waals surface area contributed by atoms with Crippen molar-refractivity contribution in [2.24, 2.45) is 0 Å². The first-order valence-corrected chi connectivity index (χ1v) is 57.0. The zero-order chi connectivity index (χ0) is 102. The summed E-state index contributed by atoms with van der Waals surface area (Å²) in [5.74, 6) is 1.78. The van der Waals surface area contributed by atoms with Crippen molar-refractivity contribution in [1.82, 2.24) is 27.9 Å². The van der Waals surface area contributed by atoms with Gasteiger partial charge in [-0.25, -0.2) is 39.7 Å². The fraction of sp³-hybridized carbons (Fsp3) is 0.188. The number of H-pyrrole nitrogens is 1. The number of ether oxygens (including phenoxy) is 6. The average Bonchev–Trinajstić information content (AvgIpc) is 1.59. The molecule has 1 N–H and O–H groups in total. The second-order valence-corrected chi connectivity index (χ2v) is 45.5. The minimum Gasteiger partial charge on any atom is -1.00 e. The molecule has 4 aliphatic heterocycles. The number of rotatable bonds is 20. The average molecular weight is 2520 g/mol. The summed E-state index contributed by atoms with van der Waals surface area (Å²) in [4.78, 5) is 27.7. The van der Waals surface area contributed by atoms with E-state index in [1.807, 2.05) is 94.6 Å². The van der Waals surface area contributed by atoms with Gasteiger partial charge in [0.2, 0.25) is 0 Å². The Bertz CT molecular complexity index is 7150. The maximum Gasteiger partial charge on any atom is 1.00 e. The second-order valence-electron chi connectivity index (χ2n) is 33.9. The first-order valence-electron chi connectivity index (χ1n) is 46.4. The first-order chi connectivity index (χ1) is 70.6. The van der Waals surface area contributed by atoms with Gasteiger partial charge in [0.05, 0.1) is 77.3 Å². The number of hydrogen-bond donors (Lipinski definition) is 1. The summed E-state index contributed by atoms with van der Waals surface area (Å²) in [6.07, 6.45) is 15.2. The molecule has 17 aromatic rings. The predicted molar refractivity (Wildman–Crippen MR) is 577 cm³/mol. The summed E-state index contributed by atoms with van der Waals surface area (Å²) >= 11 is 2.01. The third-order valence-corrected chi connectivity index (χ3v) is 33.1. The molecule has 4 aliphatic rings. The van der Waals surface area contributed by atoms with E-state index in [0.29, 0.717) is 101 Å². The van der Waals surface area contributed by atoms with Crippen LogP contribution >= 0.6 is 57.5 Å². The molecular weight excluding hydrogens is 2420 g/mol. The van der Waals surface area contributed by atoms with E-state index in [4.69, 9.17) is 66.8 Å². The summed E-state index contributed by atoms with van der Waals surface area (Å²) in [5, 5.41) is 48.1. The van der Waals surface area contributed by atoms with E-state index in [1.165, 1.54) is 39.8 Å². The number of nitrogens with zero attached hydrogens (tertiary/aromatic N) is 8. The molecule has 0 saturated carbocycles. The number of nitriles is 3. The summed E-state index contributed by atoms with van der Waals surface area (Å²) < 4.78 is 101. The Morgan fingerprint density at radius 1 is 0.442 bits per heavy atom. The quantitative estimate of drug-likeness (QED) is 0.0185. The molecule has 0 amide bonds. The standard InChI is InChI=1S/C25H21N3O4S.C19H17N3O2.C18H24BNO4.2C18H15P.C13H9IN2O2S.CH2O3.2ClH.2Cs.Pd.H/c26-16-19-15-18(8-9-24(19)32-20-10-13-31-14-11-20)23-17-28(25-22(23)7-4-12-27-25)33(29,30)21-5-2-1-3-6-21;20-11-14-10-13(17-12-22-19-16(17)2-1-7-21-19)3-4-18(14)24-15-5-8-23-9-6-15;1-17(2)18(3,4)24-19(23-17)14-5-6-16(13(11-14)12-20)22-15-7-9-21-10-8-15;2*1-4-10-16(11-5-1)19(17-12-6-2-7-13-17)18-14-8-3-9-15-18;14-12-9-16(13-11(12)7-4-8-15-13)19(17,18)10-5-2-1-3-6-10;2-1-4-3;;;;;;/h1-9,12,15,17,20H,10-11,13-14H2;1-4,7,10,12,15H,5-6,8-9H2,(H,21,22);5-6,11,15H,7-10H2,1-4H3;2*1-15H;1-9H;1,3H;2*1H;;;;/q;;;;;;;;;2*+1;+2;-1/p-3. The molecule has 0 spiro atoms. The van der Waals surface area contributed by atoms with Gasteiger partial charge in [-0.1, -0.05) is 237 Å². The molecule has 10 heterocycles. The zero-order valence-corrected chi connectivity index (χ0v) is 103. The summed E-state index contributed by atoms with van der Waals surface area (Å²) in [7, 11) is 0.824. The molecule has 6 aromatic heterocycles. The van der Waals surface area contributed by atoms with Gasteiger partial charge in [-0.3, -0.25) is 4.79 Å². The molecule has 11 aromatic carbocycles. The van der Waals surface area contributed by atoms with Crippen LogP contribution in [0.4, 0.5) is 0 Å². The van der Waals surface area contributed by atoms with Crippen LogP contribution in [-0.4, -0.2) is 127 Å². The van der Waals surface area contributed by atoms with Crippen molar-refractivity contribution >= 4 is 162 Å². The molecule has 4 saturated heterocycles. The fourth-order valence-corrected chi connectivity index (χ4v) is 24.3. The molecule has 744 valence electrons. The minimum absolute atomic E-state index is 0. The maximum atomic E-state index is 13.3. The number of hydrogen-bond acceptors (Lipinski definition) is 21. The van der Waals surface area contributed by atoms with E-state index in [-0.39, 0.29) is 190 Å². The molecule has 35 heteroatoms. The van der Waals surface area contributed by atoms with Crippen LogP contribution in [0.25, 0.3) is 55.4 Å². The van der Waals surface area contributed by atoms with Crippen LogP contribution in [0.2, 0.25) is 0 Å². The van der Waals surface area contributed by atoms with Gasteiger partial charge in [-0.15, -0.1) is 0 Å². The van der Waals surface area contributed by atoms with Crippen molar-refractivity contribution in [1.29, 1.82) is 15.8 Å². The van der Waals surface area contributed by atoms with Crippen molar-refractivity contribution in [3.8, 4) is 57.7 Å². The van der Waals surface area contributed by atoms with Crippen molar-refractivity contribution in [3.63, 3.8) is 0 Å². The van der Waals surface area contributed by atoms with Crippen LogP contribution in [0, 0.1) is 37.6 Å². The van der Waals surface area contributed by atoms with Crippen molar-refractivity contribution in [3.05, 3.63) is 391 Å². The normalized spacial score (nSPS) is 14.1. The van der Waals surface area contributed by atoms with E-state index < -0.39 is 54.2 Å². The number of carbonyl (C=O) groups excluding carboxylic acids is 1. The third-order valence-electron chi connectivity index (χ3n) is 24.0. The molecule has 0 radical (unpaired) electrons. The summed E-state index contributed by atoms with van der Waals surface area (Å²) in [5.41, 5.74) is 6.52. The van der Waals surface area contributed by atoms with Crippen LogP contribution in [0.1, 0.15) is 84.3 Å². The van der Waals surface area contributed by atoms with Gasteiger partial charge in [-0.05, 0) is 212 Å². The van der Waals surface area contributed by atoms with Crippen LogP contribution in [-0.2, 0) is 69.2 Å². The Morgan fingerprint density at radius 3 is 1.10 bits per heavy atom. The van der Waals surface area contributed by atoms with Crippen LogP contribution < -0.4 is 195 Å². The van der Waals surface area contributed by atoms with E-state index in [0.717, 1.165) is 75.1 Å². The van der Waals surface area contributed by atoms with Gasteiger partial charge in [0, 0.05) is 107 Å². The summed E-state index contributed by atoms with van der Waals surface area (Å²) in [6.45, 7) is 12.0. The fourth-order valence-electron chi connectivity index (χ4n) is 16.1. The van der Waals surface area contributed by atoms with E-state index >= 15 is 0 Å². The minimum atomic E-state index is -3.84. The van der Waals surface area contributed by atoms with Crippen molar-refractivity contribution in [2.75, 3.05) is 39.6 Å². The first kappa shape index (κ1) is 117. The number of aromatic nitrogens is 6. The Kier molecular flexibility index (Phi) is 47.0. The molecule has 24 nitrogen and oxygen atoms in total. The van der Waals surface area contributed by atoms with Crippen molar-refractivity contribution in [2.45, 2.75) is 106 Å². The Hall–Kier alpha value is -8.51. The number of nitrogens with one attached hydrogen (secondary N) is 1. The number of pyridine rings is 3. The molecular formula is C112H103BCl2Cs2IN9O15P2PdS2. The predicted octanol–water partition coefficient (Wildman–Crippen LogP) is 14.1. The van der Waals surface area contributed by atoms with E-state index in [1.54, 1.807) is 122 Å². The molecule has 147 heavy (non-hydrogen) atoms. The van der Waals surface area contributed by atoms with Gasteiger partial charge in [-0.2, -0.15) is 15.8 Å². The zero-order valence-electron chi connectivity index (χ0n) is 82.5. The molecule has 4 fully saturated rings. The number of halogens is 3. The Balaban J connectivity index is 0.000000168. The largest absolute Gasteiger partial charge is 1.00 e. The number of aromatic amines is 1. The Labute approximate surface area is 1010 Å². The molecule has 0 unspecified atom stereocenters. The van der Waals surface area contributed by atoms with Gasteiger partial charge in [0.25, 0.3) is 26.5 Å². The number of benzene rings is 11. The number of carbonyl (C=O) groups is 1. The summed E-state index contributed by atoms with van der Waals surface area (Å²) in [6, 6.07) is 116. The molecule has 0 bridgehead atoms. The topological polar surface area (TPSA) is 327 Å². The number of fused-ring (bicyclic) bond motifs is 3. The maximum absolute atomic E-state index is 13.3. The molecule has 21 rings (SSSR count). The SMILES string of the molecule is CC1(C)OB(c2ccc(OC3CCOCC3)c(C#N)c2)OC1(C)C.N#Cc1cc(-c2c[nH]c3ncccc23)ccc1OC1CCOCC1.N#Cc1cc(-c2cn(S(=O)(=O)c3ccccc3)c3ncccc23)ccc1OC1CCOCC1.O=CO[O-].O=S(=O)(c1ccccc1)n1cc(I)c2cccnc21.[Cl][Pd][Cl].[Cs+].[Cs+].[H-].c1ccc(P(c2ccccc2)c2ccccc2)cc1.c1ccc(P(c2ccccc2)c2ccccc2)cc1. The van der Waals surface area contributed by atoms with Gasteiger partial charge in [0.1, 0.15) is 59.4 Å². The van der Waals surface area contributed by atoms with Gasteiger partial charge >= 0.3 is 180 Å². The van der Waals surface area contributed by atoms with E-state index in [2.05, 4.69) is 248 Å². The van der Waals surface area contributed by atoms with Gasteiger partial charge in [0.15, 0.2) is 11.3 Å². The van der Waals surface area contributed by atoms with Crippen molar-refractivity contribution < 1.29 is 225 Å². The molecule has 0 atom stereocenters. The smallest absolute Gasteiger partial charge is 1.00 e. The van der Waals surface area contributed by atoms with E-state index in [9.17, 15) is 32.6 Å². The van der Waals surface area contributed by atoms with Crippen LogP contribution in [0.5, 0.6) is 17.2 Å². The van der Waals surface area contributed by atoms with Crippen LogP contribution in [0.3, 0.4) is 0 Å². The molecule has 0 aliphatic carbocycles. The van der Waals surface area contributed by atoms with Gasteiger partial charge < -0.3 is 54.3 Å². The third kappa shape index (κ3) is 31.6. The second kappa shape index (κ2) is 58.9.